The van der Waals surface area contributed by atoms with E-state index in [4.69, 9.17) is 5.26 Å². The zero-order valence-corrected chi connectivity index (χ0v) is 8.00. The first-order valence-corrected chi connectivity index (χ1v) is 4.58. The summed E-state index contributed by atoms with van der Waals surface area (Å²) < 4.78 is 0. The Hall–Kier alpha value is -2.26. The molecule has 2 rings (SSSR count). The molecule has 0 aromatic heterocycles. The number of nitrogens with zero attached hydrogens (tertiary/aromatic N) is 1. The van der Waals surface area contributed by atoms with Gasteiger partial charge in [-0.05, 0) is 23.8 Å². The van der Waals surface area contributed by atoms with Gasteiger partial charge in [-0.3, -0.25) is 4.79 Å². The van der Waals surface area contributed by atoms with Crippen molar-refractivity contribution < 1.29 is 4.79 Å². The number of nitriles is 1. The van der Waals surface area contributed by atoms with Crippen molar-refractivity contribution >= 4 is 11.6 Å². The third-order valence-corrected chi connectivity index (χ3v) is 2.13. The van der Waals surface area contributed by atoms with E-state index in [1.54, 1.807) is 0 Å². The molecule has 72 valence electrons. The molecule has 0 bridgehead atoms. The number of hydrogen-bond acceptors (Lipinski definition) is 2. The maximum Gasteiger partial charge on any atom is 0.228 e. The van der Waals surface area contributed by atoms with Crippen molar-refractivity contribution in [3.05, 3.63) is 29.3 Å². The van der Waals surface area contributed by atoms with E-state index in [1.807, 2.05) is 24.3 Å². The summed E-state index contributed by atoms with van der Waals surface area (Å²) in [7, 11) is 0. The summed E-state index contributed by atoms with van der Waals surface area (Å²) >= 11 is 0. The van der Waals surface area contributed by atoms with Crippen LogP contribution in [0, 0.1) is 23.2 Å². The maximum absolute atomic E-state index is 11.1. The van der Waals surface area contributed by atoms with Gasteiger partial charge in [-0.2, -0.15) is 5.26 Å². The molecule has 0 saturated carbocycles. The molecule has 0 fully saturated rings. The highest BCUT2D eigenvalue weighted by Crippen LogP contribution is 2.23. The van der Waals surface area contributed by atoms with Crippen LogP contribution in [-0.2, 0) is 11.2 Å². The lowest BCUT2D eigenvalue weighted by Crippen LogP contribution is -2.03. The van der Waals surface area contributed by atoms with Crippen molar-refractivity contribution in [1.82, 2.24) is 0 Å². The molecule has 1 N–H and O–H groups in total. The van der Waals surface area contributed by atoms with Gasteiger partial charge >= 0.3 is 0 Å². The zero-order chi connectivity index (χ0) is 10.7. The number of fused-ring (bicyclic) bond motifs is 1. The second kappa shape index (κ2) is 3.86. The van der Waals surface area contributed by atoms with Crippen LogP contribution in [0.25, 0.3) is 0 Å². The van der Waals surface area contributed by atoms with Gasteiger partial charge in [0.2, 0.25) is 5.91 Å². The fraction of sp³-hybridized carbons (Fsp3) is 0.167. The molecule has 1 aromatic rings. The number of rotatable bonds is 0. The molecule has 0 radical (unpaired) electrons. The summed E-state index contributed by atoms with van der Waals surface area (Å²) in [6, 6.07) is 7.53. The van der Waals surface area contributed by atoms with E-state index in [0.29, 0.717) is 6.42 Å². The van der Waals surface area contributed by atoms with Gasteiger partial charge in [-0.1, -0.05) is 11.8 Å². The van der Waals surface area contributed by atoms with Crippen molar-refractivity contribution in [3.63, 3.8) is 0 Å². The Kier molecular flexibility index (Phi) is 2.39. The van der Waals surface area contributed by atoms with Gasteiger partial charge in [0.15, 0.2) is 0 Å². The highest BCUT2D eigenvalue weighted by Gasteiger charge is 2.16. The number of amides is 1. The summed E-state index contributed by atoms with van der Waals surface area (Å²) in [4.78, 5) is 11.1. The van der Waals surface area contributed by atoms with Crippen molar-refractivity contribution in [2.45, 2.75) is 12.8 Å². The fourth-order valence-corrected chi connectivity index (χ4v) is 1.49. The number of benzene rings is 1. The highest BCUT2D eigenvalue weighted by molar-refractivity contribution is 5.99. The van der Waals surface area contributed by atoms with Gasteiger partial charge in [-0.15, -0.1) is 0 Å². The predicted molar refractivity (Wildman–Crippen MR) is 55.9 cm³/mol. The molecule has 1 aliphatic rings. The summed E-state index contributed by atoms with van der Waals surface area (Å²) in [6.45, 7) is 0. The Bertz CT molecular complexity index is 515. The normalized spacial score (nSPS) is 12.1. The van der Waals surface area contributed by atoms with Crippen molar-refractivity contribution in [1.29, 1.82) is 5.26 Å². The second-order valence-corrected chi connectivity index (χ2v) is 3.23. The molecule has 0 saturated heterocycles. The summed E-state index contributed by atoms with van der Waals surface area (Å²) in [5.74, 6) is 5.64. The molecular weight excluding hydrogens is 188 g/mol. The molecule has 0 aliphatic carbocycles. The second-order valence-electron chi connectivity index (χ2n) is 3.23. The van der Waals surface area contributed by atoms with Gasteiger partial charge in [0.05, 0.1) is 18.9 Å². The number of anilines is 1. The summed E-state index contributed by atoms with van der Waals surface area (Å²) in [6.07, 6.45) is 0.650. The SMILES string of the molecule is N#CCC#Cc1ccc2c(c1)CC(=O)N2. The minimum Gasteiger partial charge on any atom is -0.326 e. The van der Waals surface area contributed by atoms with E-state index < -0.39 is 0 Å². The van der Waals surface area contributed by atoms with Gasteiger partial charge in [0, 0.05) is 11.3 Å². The van der Waals surface area contributed by atoms with Crippen LogP contribution in [-0.4, -0.2) is 5.91 Å². The molecule has 15 heavy (non-hydrogen) atoms. The molecule has 3 nitrogen and oxygen atoms in total. The first kappa shape index (κ1) is 9.30. The minimum atomic E-state index is 0.0205. The Morgan fingerprint density at radius 1 is 1.47 bits per heavy atom. The lowest BCUT2D eigenvalue weighted by Gasteiger charge is -1.97. The standard InChI is InChI=1S/C12H8N2O/c13-6-2-1-3-9-4-5-11-10(7-9)8-12(15)14-11/h4-5,7H,2,8H2,(H,14,15). The lowest BCUT2D eigenvalue weighted by molar-refractivity contribution is -0.115. The van der Waals surface area contributed by atoms with Crippen molar-refractivity contribution in [2.75, 3.05) is 5.32 Å². The maximum atomic E-state index is 11.1. The molecule has 1 aromatic carbocycles. The number of nitrogens with one attached hydrogen (secondary N) is 1. The number of hydrogen-bond donors (Lipinski definition) is 1. The third kappa shape index (κ3) is 1.98. The van der Waals surface area contributed by atoms with Crippen LogP contribution < -0.4 is 5.32 Å². The van der Waals surface area contributed by atoms with E-state index >= 15 is 0 Å². The monoisotopic (exact) mass is 196 g/mol. The molecule has 0 unspecified atom stereocenters. The average Bonchev–Trinajstić information content (AvgIpc) is 2.57. The fourth-order valence-electron chi connectivity index (χ4n) is 1.49. The molecular formula is C12H8N2O. The third-order valence-electron chi connectivity index (χ3n) is 2.13. The van der Waals surface area contributed by atoms with E-state index in [0.717, 1.165) is 16.8 Å². The Balaban J connectivity index is 2.25. The van der Waals surface area contributed by atoms with E-state index in [1.165, 1.54) is 0 Å². The average molecular weight is 196 g/mol. The van der Waals surface area contributed by atoms with Gasteiger partial charge in [-0.25, -0.2) is 0 Å². The highest BCUT2D eigenvalue weighted by atomic mass is 16.1. The van der Waals surface area contributed by atoms with Crippen molar-refractivity contribution in [2.24, 2.45) is 0 Å². The molecule has 1 amide bonds. The smallest absolute Gasteiger partial charge is 0.228 e. The predicted octanol–water partition coefficient (Wildman–Crippen LogP) is 1.45. The van der Waals surface area contributed by atoms with Crippen LogP contribution in [0.5, 0.6) is 0 Å². The van der Waals surface area contributed by atoms with E-state index in [2.05, 4.69) is 17.2 Å². The topological polar surface area (TPSA) is 52.9 Å². The Morgan fingerprint density at radius 2 is 2.33 bits per heavy atom. The molecule has 1 aliphatic heterocycles. The van der Waals surface area contributed by atoms with Gasteiger partial charge in [0.1, 0.15) is 0 Å². The van der Waals surface area contributed by atoms with Gasteiger partial charge < -0.3 is 5.32 Å². The van der Waals surface area contributed by atoms with Crippen LogP contribution in [0.2, 0.25) is 0 Å². The Labute approximate surface area is 87.7 Å². The van der Waals surface area contributed by atoms with E-state index in [-0.39, 0.29) is 12.3 Å². The number of carbonyl (C=O) groups excluding carboxylic acids is 1. The summed E-state index contributed by atoms with van der Waals surface area (Å²) in [5.41, 5.74) is 2.69. The lowest BCUT2D eigenvalue weighted by atomic mass is 10.1. The summed E-state index contributed by atoms with van der Waals surface area (Å²) in [5, 5.41) is 11.1. The Morgan fingerprint density at radius 3 is 3.13 bits per heavy atom. The number of carbonyl (C=O) groups is 1. The van der Waals surface area contributed by atoms with Crippen LogP contribution >= 0.6 is 0 Å². The first-order valence-electron chi connectivity index (χ1n) is 4.58. The zero-order valence-electron chi connectivity index (χ0n) is 8.00. The molecule has 1 heterocycles. The van der Waals surface area contributed by atoms with E-state index in [9.17, 15) is 4.79 Å². The molecule has 0 spiro atoms. The minimum absolute atomic E-state index is 0.0205. The molecule has 0 atom stereocenters. The van der Waals surface area contributed by atoms with Crippen LogP contribution in [0.3, 0.4) is 0 Å². The largest absolute Gasteiger partial charge is 0.326 e. The first-order chi connectivity index (χ1) is 7.29. The molecule has 3 heteroatoms. The van der Waals surface area contributed by atoms with Crippen LogP contribution in [0.15, 0.2) is 18.2 Å². The van der Waals surface area contributed by atoms with Crippen LogP contribution in [0.1, 0.15) is 17.5 Å². The van der Waals surface area contributed by atoms with Crippen LogP contribution in [0.4, 0.5) is 5.69 Å². The van der Waals surface area contributed by atoms with Gasteiger partial charge in [0.25, 0.3) is 0 Å². The van der Waals surface area contributed by atoms with Crippen molar-refractivity contribution in [3.8, 4) is 17.9 Å². The quantitative estimate of drug-likeness (QED) is 0.638.